The molecule has 1 saturated carbocycles. The van der Waals surface area contributed by atoms with Gasteiger partial charge in [-0.3, -0.25) is 4.79 Å². The van der Waals surface area contributed by atoms with Crippen LogP contribution in [0.4, 0.5) is 0 Å². The number of fused-ring (bicyclic) bond motifs is 1. The first-order valence-electron chi connectivity index (χ1n) is 11.7. The van der Waals surface area contributed by atoms with E-state index in [-0.39, 0.29) is 23.5 Å². The number of methoxy groups -OCH3 is 2. The van der Waals surface area contributed by atoms with E-state index in [1.54, 1.807) is 14.2 Å². The highest BCUT2D eigenvalue weighted by Crippen LogP contribution is 2.50. The zero-order valence-electron chi connectivity index (χ0n) is 20.0. The molecule has 1 aliphatic carbocycles. The Morgan fingerprint density at radius 2 is 1.88 bits per heavy atom. The van der Waals surface area contributed by atoms with Crippen LogP contribution in [0.2, 0.25) is 0 Å². The maximum absolute atomic E-state index is 11.8. The molecule has 8 heteroatoms. The average molecular weight is 484 g/mol. The number of nitrogens with one attached hydrogen (secondary N) is 2. The van der Waals surface area contributed by atoms with Gasteiger partial charge in [-0.2, -0.15) is 0 Å². The maximum atomic E-state index is 11.8. The number of hydrogen-bond acceptors (Lipinski definition) is 6. The zero-order valence-corrected chi connectivity index (χ0v) is 20.8. The average Bonchev–Trinajstić information content (AvgIpc) is 3.21. The normalized spacial score (nSPS) is 24.1. The molecule has 2 aromatic carbocycles. The predicted octanol–water partition coefficient (Wildman–Crippen LogP) is 3.71. The van der Waals surface area contributed by atoms with Crippen molar-refractivity contribution in [2.24, 2.45) is 0 Å². The molecule has 2 aromatic rings. The highest BCUT2D eigenvalue weighted by Gasteiger charge is 2.53. The van der Waals surface area contributed by atoms with Crippen LogP contribution in [0.5, 0.6) is 11.5 Å². The summed E-state index contributed by atoms with van der Waals surface area (Å²) in [5.41, 5.74) is 2.24. The predicted molar refractivity (Wildman–Crippen MR) is 135 cm³/mol. The van der Waals surface area contributed by atoms with Crippen molar-refractivity contribution >= 4 is 23.3 Å². The van der Waals surface area contributed by atoms with Crippen molar-refractivity contribution in [1.29, 1.82) is 0 Å². The Kier molecular flexibility index (Phi) is 7.58. The number of hydrogen-bond donors (Lipinski definition) is 2. The van der Waals surface area contributed by atoms with Crippen LogP contribution in [-0.4, -0.2) is 49.0 Å². The second-order valence-corrected chi connectivity index (χ2v) is 9.41. The highest BCUT2D eigenvalue weighted by atomic mass is 32.1. The van der Waals surface area contributed by atoms with Crippen LogP contribution >= 0.6 is 12.2 Å². The molecule has 0 bridgehead atoms. The molecule has 0 spiro atoms. The van der Waals surface area contributed by atoms with Crippen LogP contribution in [0.25, 0.3) is 0 Å². The van der Waals surface area contributed by atoms with E-state index in [9.17, 15) is 4.79 Å². The molecule has 7 nitrogen and oxygen atoms in total. The minimum absolute atomic E-state index is 0.0395. The van der Waals surface area contributed by atoms with E-state index in [0.717, 1.165) is 25.7 Å². The number of carbonyl (C=O) groups excluding carboxylic acids is 1. The summed E-state index contributed by atoms with van der Waals surface area (Å²) >= 11 is 5.58. The minimum atomic E-state index is -0.293. The Balaban J connectivity index is 1.50. The van der Waals surface area contributed by atoms with Gasteiger partial charge in [0.2, 0.25) is 0 Å². The number of rotatable bonds is 7. The van der Waals surface area contributed by atoms with Crippen LogP contribution < -0.4 is 20.1 Å². The van der Waals surface area contributed by atoms with Crippen molar-refractivity contribution in [3.8, 4) is 11.5 Å². The molecule has 2 fully saturated rings. The van der Waals surface area contributed by atoms with E-state index in [0.29, 0.717) is 29.7 Å². The smallest absolute Gasteiger partial charge is 0.322 e. The number of carbonyl (C=O) groups is 1. The lowest BCUT2D eigenvalue weighted by molar-refractivity contribution is -0.196. The maximum Gasteiger partial charge on any atom is 0.322 e. The van der Waals surface area contributed by atoms with Gasteiger partial charge in [0.15, 0.2) is 16.6 Å². The Bertz CT molecular complexity index is 1020. The van der Waals surface area contributed by atoms with Gasteiger partial charge in [-0.15, -0.1) is 5.06 Å². The fourth-order valence-corrected chi connectivity index (χ4v) is 5.65. The van der Waals surface area contributed by atoms with E-state index >= 15 is 0 Å². The molecule has 4 rings (SSSR count). The van der Waals surface area contributed by atoms with Crippen LogP contribution in [0, 0.1) is 0 Å². The van der Waals surface area contributed by atoms with Gasteiger partial charge in [0.25, 0.3) is 0 Å². The van der Waals surface area contributed by atoms with Crippen molar-refractivity contribution in [2.75, 3.05) is 20.8 Å². The lowest BCUT2D eigenvalue weighted by Crippen LogP contribution is -2.53. The molecule has 2 aliphatic rings. The van der Waals surface area contributed by atoms with E-state index < -0.39 is 0 Å². The quantitative estimate of drug-likeness (QED) is 0.578. The standard InChI is InChI=1S/C26H33N3O4S/c1-18(30)33-29-14-13-26(20-9-10-22(31-2)23(15-20)32-3)12-11-21(16-24(26)29)28-25(34)27-17-19-7-5-4-6-8-19/h4-10,15,21,24H,11-14,16-17H2,1-3H3,(H2,27,28,34)/t21-,24+,26+/m1/s1. The molecule has 0 radical (unpaired) electrons. The molecule has 1 heterocycles. The third-order valence-corrected chi connectivity index (χ3v) is 7.31. The molecule has 0 amide bonds. The summed E-state index contributed by atoms with van der Waals surface area (Å²) in [6, 6.07) is 16.6. The molecule has 1 aliphatic heterocycles. The van der Waals surface area contributed by atoms with E-state index in [4.69, 9.17) is 26.5 Å². The van der Waals surface area contributed by atoms with Crippen LogP contribution in [0.15, 0.2) is 48.5 Å². The fourth-order valence-electron chi connectivity index (χ4n) is 5.41. The molecular formula is C26H33N3O4S. The second-order valence-electron chi connectivity index (χ2n) is 9.00. The van der Waals surface area contributed by atoms with Gasteiger partial charge in [-0.1, -0.05) is 36.4 Å². The third kappa shape index (κ3) is 5.13. The highest BCUT2D eigenvalue weighted by molar-refractivity contribution is 7.80. The van der Waals surface area contributed by atoms with Crippen LogP contribution in [0.3, 0.4) is 0 Å². The summed E-state index contributed by atoms with van der Waals surface area (Å²) in [5, 5.41) is 9.31. The monoisotopic (exact) mass is 483 g/mol. The number of benzene rings is 2. The van der Waals surface area contributed by atoms with Gasteiger partial charge in [-0.25, -0.2) is 0 Å². The van der Waals surface area contributed by atoms with Crippen molar-refractivity contribution in [1.82, 2.24) is 15.7 Å². The number of hydroxylamine groups is 2. The zero-order chi connectivity index (χ0) is 24.1. The topological polar surface area (TPSA) is 72.1 Å². The summed E-state index contributed by atoms with van der Waals surface area (Å²) in [5.74, 6) is 1.13. The van der Waals surface area contributed by atoms with Gasteiger partial charge < -0.3 is 24.9 Å². The summed E-state index contributed by atoms with van der Waals surface area (Å²) in [6.07, 6.45) is 3.63. The Morgan fingerprint density at radius 3 is 2.59 bits per heavy atom. The van der Waals surface area contributed by atoms with Crippen molar-refractivity contribution in [2.45, 2.75) is 56.7 Å². The molecule has 182 valence electrons. The summed E-state index contributed by atoms with van der Waals surface area (Å²) in [6.45, 7) is 2.83. The molecule has 0 unspecified atom stereocenters. The minimum Gasteiger partial charge on any atom is -0.493 e. The fraction of sp³-hybridized carbons (Fsp3) is 0.462. The first-order valence-corrected chi connectivity index (χ1v) is 12.1. The SMILES string of the molecule is COc1ccc([C@@]23CC[C@@H](NC(=S)NCc4ccccc4)C[C@@H]2N(OC(C)=O)CC3)cc1OC. The van der Waals surface area contributed by atoms with Gasteiger partial charge >= 0.3 is 5.97 Å². The lowest BCUT2D eigenvalue weighted by Gasteiger charge is -2.44. The molecule has 34 heavy (non-hydrogen) atoms. The first-order chi connectivity index (χ1) is 16.4. The molecule has 1 saturated heterocycles. The summed E-state index contributed by atoms with van der Waals surface area (Å²) in [4.78, 5) is 17.5. The Morgan fingerprint density at radius 1 is 1.12 bits per heavy atom. The summed E-state index contributed by atoms with van der Waals surface area (Å²) in [7, 11) is 3.29. The Labute approximate surface area is 206 Å². The number of ether oxygens (including phenoxy) is 2. The first kappa shape index (κ1) is 24.3. The van der Waals surface area contributed by atoms with Crippen molar-refractivity contribution < 1.29 is 19.1 Å². The van der Waals surface area contributed by atoms with Crippen LogP contribution in [-0.2, 0) is 21.6 Å². The molecular weight excluding hydrogens is 450 g/mol. The largest absolute Gasteiger partial charge is 0.493 e. The third-order valence-electron chi connectivity index (χ3n) is 7.05. The van der Waals surface area contributed by atoms with E-state index in [1.807, 2.05) is 29.3 Å². The van der Waals surface area contributed by atoms with Gasteiger partial charge in [-0.05, 0) is 61.2 Å². The van der Waals surface area contributed by atoms with Crippen LogP contribution in [0.1, 0.15) is 43.7 Å². The van der Waals surface area contributed by atoms with E-state index in [2.05, 4.69) is 34.9 Å². The molecule has 0 aromatic heterocycles. The molecule has 3 atom stereocenters. The van der Waals surface area contributed by atoms with Crippen molar-refractivity contribution in [3.63, 3.8) is 0 Å². The van der Waals surface area contributed by atoms with Gasteiger partial charge in [0.1, 0.15) is 0 Å². The van der Waals surface area contributed by atoms with Gasteiger partial charge in [0, 0.05) is 31.5 Å². The van der Waals surface area contributed by atoms with Crippen molar-refractivity contribution in [3.05, 3.63) is 59.7 Å². The lowest BCUT2D eigenvalue weighted by atomic mass is 9.65. The Hall–Kier alpha value is -2.84. The van der Waals surface area contributed by atoms with Gasteiger partial charge in [0.05, 0.1) is 20.3 Å². The molecule has 2 N–H and O–H groups in total. The summed E-state index contributed by atoms with van der Waals surface area (Å²) < 4.78 is 11.0. The number of thiocarbonyl (C=S) groups is 1. The second kappa shape index (κ2) is 10.6. The number of nitrogens with zero attached hydrogens (tertiary/aromatic N) is 1. The van der Waals surface area contributed by atoms with E-state index in [1.165, 1.54) is 18.1 Å².